The molecule has 0 aliphatic rings. The van der Waals surface area contributed by atoms with Crippen LogP contribution in [0.15, 0.2) is 0 Å². The molecule has 22 heavy (non-hydrogen) atoms. The maximum absolute atomic E-state index is 12.5. The second kappa shape index (κ2) is 11.9. The van der Waals surface area contributed by atoms with Gasteiger partial charge in [0.05, 0.1) is 0 Å². The zero-order valence-corrected chi connectivity index (χ0v) is 15.7. The molecule has 0 aliphatic heterocycles. The standard InChI is InChI=1S/C19H40N2O/c1-6-9-12-17(13-10-7-2)19(18(20)22,14-11-8-3)21-15-16(4)5/h16-17,21H,6-15H2,1-5H3,(H2,20,22). The first-order chi connectivity index (χ1) is 10.4. The fraction of sp³-hybridized carbons (Fsp3) is 0.947. The third kappa shape index (κ3) is 7.13. The molecule has 3 heteroatoms. The molecule has 0 fully saturated rings. The van der Waals surface area contributed by atoms with Crippen molar-refractivity contribution >= 4 is 5.91 Å². The SMILES string of the molecule is CCCCC(CCCC)C(CCCC)(NCC(C)C)C(N)=O. The maximum atomic E-state index is 12.5. The molecule has 0 heterocycles. The highest BCUT2D eigenvalue weighted by atomic mass is 16.1. The number of unbranched alkanes of at least 4 members (excludes halogenated alkanes) is 3. The van der Waals surface area contributed by atoms with Gasteiger partial charge in [0.15, 0.2) is 0 Å². The highest BCUT2D eigenvalue weighted by molar-refractivity contribution is 5.85. The normalized spacial score (nSPS) is 14.5. The second-order valence-corrected chi connectivity index (χ2v) is 7.20. The van der Waals surface area contributed by atoms with E-state index in [9.17, 15) is 4.79 Å². The highest BCUT2D eigenvalue weighted by Gasteiger charge is 2.42. The average molecular weight is 313 g/mol. The topological polar surface area (TPSA) is 55.1 Å². The zero-order chi connectivity index (χ0) is 17.0. The quantitative estimate of drug-likeness (QED) is 0.491. The number of nitrogens with one attached hydrogen (secondary N) is 1. The van der Waals surface area contributed by atoms with Crippen molar-refractivity contribution in [2.75, 3.05) is 6.54 Å². The summed E-state index contributed by atoms with van der Waals surface area (Å²) in [6.45, 7) is 11.9. The molecular weight excluding hydrogens is 272 g/mol. The van der Waals surface area contributed by atoms with Gasteiger partial charge in [-0.2, -0.15) is 0 Å². The van der Waals surface area contributed by atoms with Gasteiger partial charge in [-0.15, -0.1) is 0 Å². The van der Waals surface area contributed by atoms with Gasteiger partial charge in [-0.25, -0.2) is 0 Å². The lowest BCUT2D eigenvalue weighted by atomic mass is 9.73. The van der Waals surface area contributed by atoms with E-state index in [0.29, 0.717) is 11.8 Å². The summed E-state index contributed by atoms with van der Waals surface area (Å²) in [6.07, 6.45) is 9.96. The molecule has 0 aromatic rings. The predicted octanol–water partition coefficient (Wildman–Crippen LogP) is 4.64. The molecule has 0 aliphatic carbocycles. The van der Waals surface area contributed by atoms with Crippen molar-refractivity contribution in [1.29, 1.82) is 0 Å². The minimum Gasteiger partial charge on any atom is -0.368 e. The van der Waals surface area contributed by atoms with E-state index in [4.69, 9.17) is 5.73 Å². The summed E-state index contributed by atoms with van der Waals surface area (Å²) in [7, 11) is 0. The van der Waals surface area contributed by atoms with E-state index in [2.05, 4.69) is 39.9 Å². The number of primary amides is 1. The number of hydrogen-bond acceptors (Lipinski definition) is 2. The van der Waals surface area contributed by atoms with Crippen molar-refractivity contribution in [2.24, 2.45) is 17.6 Å². The number of carbonyl (C=O) groups excluding carboxylic acids is 1. The Labute approximate surface area is 138 Å². The molecule has 0 radical (unpaired) electrons. The summed E-state index contributed by atoms with van der Waals surface area (Å²) in [6, 6.07) is 0. The number of rotatable bonds is 14. The lowest BCUT2D eigenvalue weighted by Crippen LogP contribution is -2.61. The first kappa shape index (κ1) is 21.4. The van der Waals surface area contributed by atoms with Crippen LogP contribution in [0.2, 0.25) is 0 Å². The van der Waals surface area contributed by atoms with Crippen LogP contribution in [0, 0.1) is 11.8 Å². The van der Waals surface area contributed by atoms with Crippen LogP contribution in [0.4, 0.5) is 0 Å². The van der Waals surface area contributed by atoms with Gasteiger partial charge in [0.1, 0.15) is 5.54 Å². The lowest BCUT2D eigenvalue weighted by Gasteiger charge is -2.40. The van der Waals surface area contributed by atoms with E-state index in [1.54, 1.807) is 0 Å². The summed E-state index contributed by atoms with van der Waals surface area (Å²) in [5.74, 6) is 0.757. The van der Waals surface area contributed by atoms with Gasteiger partial charge in [0.25, 0.3) is 0 Å². The molecule has 0 aromatic heterocycles. The maximum Gasteiger partial charge on any atom is 0.238 e. The van der Waals surface area contributed by atoms with Crippen LogP contribution in [0.25, 0.3) is 0 Å². The van der Waals surface area contributed by atoms with Gasteiger partial charge < -0.3 is 11.1 Å². The number of nitrogens with two attached hydrogens (primary N) is 1. The number of hydrogen-bond donors (Lipinski definition) is 2. The Balaban J connectivity index is 5.31. The molecule has 132 valence electrons. The second-order valence-electron chi connectivity index (χ2n) is 7.20. The molecule has 0 rings (SSSR count). The third-order valence-electron chi connectivity index (χ3n) is 4.70. The van der Waals surface area contributed by atoms with E-state index < -0.39 is 5.54 Å². The molecule has 3 nitrogen and oxygen atoms in total. The molecule has 0 aromatic carbocycles. The number of amides is 1. The van der Waals surface area contributed by atoms with E-state index >= 15 is 0 Å². The average Bonchev–Trinajstić information content (AvgIpc) is 2.48. The summed E-state index contributed by atoms with van der Waals surface area (Å²) < 4.78 is 0. The molecule has 0 saturated heterocycles. The van der Waals surface area contributed by atoms with Gasteiger partial charge in [0.2, 0.25) is 5.91 Å². The molecule has 1 unspecified atom stereocenters. The van der Waals surface area contributed by atoms with Crippen molar-refractivity contribution in [3.8, 4) is 0 Å². The molecule has 0 saturated carbocycles. The van der Waals surface area contributed by atoms with Crippen molar-refractivity contribution in [1.82, 2.24) is 5.32 Å². The Hall–Kier alpha value is -0.570. The minimum atomic E-state index is -0.509. The molecule has 3 N–H and O–H groups in total. The Bertz CT molecular complexity index is 283. The Morgan fingerprint density at radius 2 is 1.50 bits per heavy atom. The van der Waals surface area contributed by atoms with Crippen LogP contribution in [0.1, 0.15) is 92.4 Å². The van der Waals surface area contributed by atoms with E-state index in [-0.39, 0.29) is 5.91 Å². The molecule has 0 spiro atoms. The molecule has 1 atom stereocenters. The van der Waals surface area contributed by atoms with Crippen molar-refractivity contribution in [3.05, 3.63) is 0 Å². The van der Waals surface area contributed by atoms with Gasteiger partial charge >= 0.3 is 0 Å². The van der Waals surface area contributed by atoms with E-state index in [1.165, 1.54) is 25.7 Å². The predicted molar refractivity (Wildman–Crippen MR) is 96.8 cm³/mol. The largest absolute Gasteiger partial charge is 0.368 e. The Morgan fingerprint density at radius 1 is 1.00 bits per heavy atom. The van der Waals surface area contributed by atoms with Crippen LogP contribution in [-0.4, -0.2) is 18.0 Å². The summed E-state index contributed by atoms with van der Waals surface area (Å²) in [4.78, 5) is 12.5. The monoisotopic (exact) mass is 312 g/mol. The smallest absolute Gasteiger partial charge is 0.238 e. The fourth-order valence-electron chi connectivity index (χ4n) is 3.23. The van der Waals surface area contributed by atoms with Crippen LogP contribution < -0.4 is 11.1 Å². The van der Waals surface area contributed by atoms with Gasteiger partial charge in [-0.3, -0.25) is 4.79 Å². The molecule has 0 bridgehead atoms. The molecular formula is C19H40N2O. The van der Waals surface area contributed by atoms with Crippen molar-refractivity contribution in [3.63, 3.8) is 0 Å². The van der Waals surface area contributed by atoms with Crippen LogP contribution in [-0.2, 0) is 4.79 Å². The van der Waals surface area contributed by atoms with Gasteiger partial charge in [-0.05, 0) is 37.6 Å². The minimum absolute atomic E-state index is 0.140. The highest BCUT2D eigenvalue weighted by Crippen LogP contribution is 2.32. The third-order valence-corrected chi connectivity index (χ3v) is 4.70. The summed E-state index contributed by atoms with van der Waals surface area (Å²) >= 11 is 0. The Kier molecular flexibility index (Phi) is 11.6. The van der Waals surface area contributed by atoms with Gasteiger partial charge in [0, 0.05) is 0 Å². The summed E-state index contributed by atoms with van der Waals surface area (Å²) in [5.41, 5.74) is 5.43. The number of carbonyl (C=O) groups is 1. The fourth-order valence-corrected chi connectivity index (χ4v) is 3.23. The van der Waals surface area contributed by atoms with Gasteiger partial charge in [-0.1, -0.05) is 73.1 Å². The Morgan fingerprint density at radius 3 is 1.86 bits per heavy atom. The van der Waals surface area contributed by atoms with Crippen LogP contribution >= 0.6 is 0 Å². The van der Waals surface area contributed by atoms with E-state index in [0.717, 1.165) is 38.6 Å². The van der Waals surface area contributed by atoms with Crippen LogP contribution in [0.5, 0.6) is 0 Å². The first-order valence-electron chi connectivity index (χ1n) is 9.49. The van der Waals surface area contributed by atoms with Crippen molar-refractivity contribution in [2.45, 2.75) is 97.9 Å². The first-order valence-corrected chi connectivity index (χ1v) is 9.49. The lowest BCUT2D eigenvalue weighted by molar-refractivity contribution is -0.127. The zero-order valence-electron chi connectivity index (χ0n) is 15.7. The summed E-state index contributed by atoms with van der Waals surface area (Å²) in [5, 5.41) is 3.61. The van der Waals surface area contributed by atoms with Crippen LogP contribution in [0.3, 0.4) is 0 Å². The molecule has 1 amide bonds. The van der Waals surface area contributed by atoms with Crippen molar-refractivity contribution < 1.29 is 4.79 Å². The van der Waals surface area contributed by atoms with E-state index in [1.807, 2.05) is 0 Å².